The van der Waals surface area contributed by atoms with Crippen molar-refractivity contribution in [2.75, 3.05) is 19.0 Å². The average Bonchev–Trinajstić information content (AvgIpc) is 2.43. The van der Waals surface area contributed by atoms with Gasteiger partial charge in [-0.2, -0.15) is 0 Å². The second kappa shape index (κ2) is 8.97. The van der Waals surface area contributed by atoms with Gasteiger partial charge in [-0.3, -0.25) is 14.4 Å². The number of alkyl halides is 1. The molecular weight excluding hydrogens is 296 g/mol. The molecule has 0 aliphatic carbocycles. The standard InChI is InChI=1S/C14H17ClN2O4/c1-10(18)21-12-4-2-3-11(9-12)14(20)17-8-7-16-13(19)5-6-15/h2-4,9H,5-8H2,1H3,(H,16,19)(H,17,20). The molecule has 1 rings (SSSR count). The lowest BCUT2D eigenvalue weighted by atomic mass is 10.2. The first-order valence-corrected chi connectivity index (χ1v) is 6.95. The number of nitrogens with one attached hydrogen (secondary N) is 2. The van der Waals surface area contributed by atoms with Crippen LogP contribution < -0.4 is 15.4 Å². The molecule has 0 unspecified atom stereocenters. The Labute approximate surface area is 127 Å². The minimum Gasteiger partial charge on any atom is -0.427 e. The van der Waals surface area contributed by atoms with Gasteiger partial charge in [0.1, 0.15) is 5.75 Å². The van der Waals surface area contributed by atoms with Gasteiger partial charge in [-0.15, -0.1) is 11.6 Å². The van der Waals surface area contributed by atoms with E-state index in [0.29, 0.717) is 24.4 Å². The lowest BCUT2D eigenvalue weighted by molar-refractivity contribution is -0.131. The Morgan fingerprint density at radius 3 is 2.57 bits per heavy atom. The van der Waals surface area contributed by atoms with Crippen molar-refractivity contribution in [2.24, 2.45) is 0 Å². The summed E-state index contributed by atoms with van der Waals surface area (Å²) < 4.78 is 4.90. The zero-order chi connectivity index (χ0) is 15.7. The molecular formula is C14H17ClN2O4. The lowest BCUT2D eigenvalue weighted by Crippen LogP contribution is -2.34. The maximum Gasteiger partial charge on any atom is 0.308 e. The number of esters is 1. The van der Waals surface area contributed by atoms with E-state index >= 15 is 0 Å². The maximum atomic E-state index is 11.9. The van der Waals surface area contributed by atoms with Gasteiger partial charge in [0.05, 0.1) is 0 Å². The number of halogens is 1. The highest BCUT2D eigenvalue weighted by Crippen LogP contribution is 2.13. The van der Waals surface area contributed by atoms with E-state index in [1.54, 1.807) is 18.2 Å². The van der Waals surface area contributed by atoms with Crippen LogP contribution in [0, 0.1) is 0 Å². The number of benzene rings is 1. The largest absolute Gasteiger partial charge is 0.427 e. The van der Waals surface area contributed by atoms with E-state index in [0.717, 1.165) is 0 Å². The molecule has 0 saturated carbocycles. The normalized spacial score (nSPS) is 9.81. The van der Waals surface area contributed by atoms with E-state index in [-0.39, 0.29) is 24.1 Å². The van der Waals surface area contributed by atoms with Gasteiger partial charge >= 0.3 is 5.97 Å². The summed E-state index contributed by atoms with van der Waals surface area (Å²) in [5.74, 6) is -0.340. The van der Waals surface area contributed by atoms with Gasteiger partial charge in [0.2, 0.25) is 5.91 Å². The summed E-state index contributed by atoms with van der Waals surface area (Å²) in [6, 6.07) is 6.29. The Morgan fingerprint density at radius 2 is 1.90 bits per heavy atom. The van der Waals surface area contributed by atoms with Crippen LogP contribution in [0.15, 0.2) is 24.3 Å². The predicted molar refractivity (Wildman–Crippen MR) is 78.4 cm³/mol. The molecule has 2 N–H and O–H groups in total. The highest BCUT2D eigenvalue weighted by atomic mass is 35.5. The highest BCUT2D eigenvalue weighted by Gasteiger charge is 2.07. The molecule has 1 aromatic rings. The number of ether oxygens (including phenoxy) is 1. The third-order valence-electron chi connectivity index (χ3n) is 2.41. The molecule has 114 valence electrons. The Balaban J connectivity index is 2.41. The second-order valence-electron chi connectivity index (χ2n) is 4.17. The van der Waals surface area contributed by atoms with Crippen molar-refractivity contribution in [2.45, 2.75) is 13.3 Å². The second-order valence-corrected chi connectivity index (χ2v) is 4.54. The van der Waals surface area contributed by atoms with E-state index in [9.17, 15) is 14.4 Å². The van der Waals surface area contributed by atoms with Crippen LogP contribution in [0.5, 0.6) is 5.75 Å². The number of carbonyl (C=O) groups excluding carboxylic acids is 3. The molecule has 7 heteroatoms. The topological polar surface area (TPSA) is 84.5 Å². The molecule has 0 aromatic heterocycles. The van der Waals surface area contributed by atoms with Crippen LogP contribution in [-0.2, 0) is 9.59 Å². The lowest BCUT2D eigenvalue weighted by Gasteiger charge is -2.07. The number of amides is 2. The molecule has 0 spiro atoms. The quantitative estimate of drug-likeness (QED) is 0.341. The monoisotopic (exact) mass is 312 g/mol. The summed E-state index contributed by atoms with van der Waals surface area (Å²) in [6.45, 7) is 1.91. The van der Waals surface area contributed by atoms with Crippen LogP contribution in [0.1, 0.15) is 23.7 Å². The first-order valence-electron chi connectivity index (χ1n) is 6.42. The minimum atomic E-state index is -0.449. The van der Waals surface area contributed by atoms with Crippen molar-refractivity contribution < 1.29 is 19.1 Å². The van der Waals surface area contributed by atoms with E-state index in [4.69, 9.17) is 16.3 Å². The van der Waals surface area contributed by atoms with Crippen molar-refractivity contribution in [1.82, 2.24) is 10.6 Å². The molecule has 2 amide bonds. The molecule has 0 fully saturated rings. The molecule has 0 heterocycles. The van der Waals surface area contributed by atoms with Crippen LogP contribution in [0.4, 0.5) is 0 Å². The zero-order valence-electron chi connectivity index (χ0n) is 11.6. The molecule has 0 atom stereocenters. The molecule has 0 bridgehead atoms. The summed E-state index contributed by atoms with van der Waals surface area (Å²) in [7, 11) is 0. The number of hydrogen-bond acceptors (Lipinski definition) is 4. The van der Waals surface area contributed by atoms with Crippen LogP contribution in [0.2, 0.25) is 0 Å². The number of hydrogen-bond donors (Lipinski definition) is 2. The fourth-order valence-electron chi connectivity index (χ4n) is 1.52. The third kappa shape index (κ3) is 6.76. The van der Waals surface area contributed by atoms with Gasteiger partial charge in [-0.25, -0.2) is 0 Å². The molecule has 0 saturated heterocycles. The molecule has 1 aromatic carbocycles. The average molecular weight is 313 g/mol. The van der Waals surface area contributed by atoms with E-state index in [1.165, 1.54) is 13.0 Å². The molecule has 21 heavy (non-hydrogen) atoms. The zero-order valence-corrected chi connectivity index (χ0v) is 12.4. The Kier molecular flexibility index (Phi) is 7.25. The molecule has 0 aliphatic rings. The maximum absolute atomic E-state index is 11.9. The van der Waals surface area contributed by atoms with Crippen molar-refractivity contribution in [3.8, 4) is 5.75 Å². The molecule has 6 nitrogen and oxygen atoms in total. The van der Waals surface area contributed by atoms with Crippen molar-refractivity contribution in [3.05, 3.63) is 29.8 Å². The smallest absolute Gasteiger partial charge is 0.308 e. The molecule has 0 aliphatic heterocycles. The number of rotatable bonds is 7. The summed E-state index contributed by atoms with van der Waals surface area (Å²) in [6.07, 6.45) is 0.250. The van der Waals surface area contributed by atoms with Gasteiger partial charge in [-0.1, -0.05) is 6.07 Å². The summed E-state index contributed by atoms with van der Waals surface area (Å²) in [5.41, 5.74) is 0.376. The van der Waals surface area contributed by atoms with Crippen LogP contribution in [0.3, 0.4) is 0 Å². The summed E-state index contributed by atoms with van der Waals surface area (Å²) >= 11 is 5.42. The summed E-state index contributed by atoms with van der Waals surface area (Å²) in [5, 5.41) is 5.27. The highest BCUT2D eigenvalue weighted by molar-refractivity contribution is 6.18. The fourth-order valence-corrected chi connectivity index (χ4v) is 1.69. The van der Waals surface area contributed by atoms with E-state index in [2.05, 4.69) is 10.6 Å². The van der Waals surface area contributed by atoms with Crippen LogP contribution in [-0.4, -0.2) is 36.8 Å². The molecule has 0 radical (unpaired) electrons. The first-order chi connectivity index (χ1) is 10.0. The van der Waals surface area contributed by atoms with Crippen molar-refractivity contribution >= 4 is 29.4 Å². The van der Waals surface area contributed by atoms with Gasteiger partial charge < -0.3 is 15.4 Å². The minimum absolute atomic E-state index is 0.156. The third-order valence-corrected chi connectivity index (χ3v) is 2.60. The van der Waals surface area contributed by atoms with Crippen molar-refractivity contribution in [1.29, 1.82) is 0 Å². The fraction of sp³-hybridized carbons (Fsp3) is 0.357. The number of carbonyl (C=O) groups is 3. The SMILES string of the molecule is CC(=O)Oc1cccc(C(=O)NCCNC(=O)CCCl)c1. The first kappa shape index (κ1) is 17.0. The Bertz CT molecular complexity index is 519. The van der Waals surface area contributed by atoms with Gasteiger partial charge in [-0.05, 0) is 18.2 Å². The van der Waals surface area contributed by atoms with Crippen LogP contribution in [0.25, 0.3) is 0 Å². The Hall–Kier alpha value is -2.08. The predicted octanol–water partition coefficient (Wildman–Crippen LogP) is 1.09. The van der Waals surface area contributed by atoms with Crippen molar-refractivity contribution in [3.63, 3.8) is 0 Å². The summed E-state index contributed by atoms with van der Waals surface area (Å²) in [4.78, 5) is 33.9. The van der Waals surface area contributed by atoms with Gasteiger partial charge in [0, 0.05) is 37.9 Å². The van der Waals surface area contributed by atoms with E-state index in [1.807, 2.05) is 0 Å². The van der Waals surface area contributed by atoms with Gasteiger partial charge in [0.25, 0.3) is 5.91 Å². The van der Waals surface area contributed by atoms with E-state index < -0.39 is 5.97 Å². The van der Waals surface area contributed by atoms with Crippen LogP contribution >= 0.6 is 11.6 Å². The van der Waals surface area contributed by atoms with Gasteiger partial charge in [0.15, 0.2) is 0 Å². The Morgan fingerprint density at radius 1 is 1.19 bits per heavy atom.